The highest BCUT2D eigenvalue weighted by Gasteiger charge is 2.52. The van der Waals surface area contributed by atoms with Crippen LogP contribution in [0.3, 0.4) is 0 Å². The van der Waals surface area contributed by atoms with E-state index in [1.54, 1.807) is 0 Å². The van der Waals surface area contributed by atoms with Crippen molar-refractivity contribution in [1.82, 2.24) is 15.8 Å². The number of piperazine rings is 1. The van der Waals surface area contributed by atoms with Crippen LogP contribution in [0.1, 0.15) is 39.0 Å². The fraction of sp³-hybridized carbons (Fsp3) is 0.591. The third-order valence-corrected chi connectivity index (χ3v) is 6.49. The summed E-state index contributed by atoms with van der Waals surface area (Å²) in [6, 6.07) is 7.48. The van der Waals surface area contributed by atoms with E-state index in [4.69, 9.17) is 4.74 Å². The van der Waals surface area contributed by atoms with Crippen molar-refractivity contribution >= 4 is 23.5 Å². The summed E-state index contributed by atoms with van der Waals surface area (Å²) in [5.74, 6) is 0.244. The van der Waals surface area contributed by atoms with Gasteiger partial charge in [0.25, 0.3) is 11.8 Å². The van der Waals surface area contributed by atoms with Crippen molar-refractivity contribution in [2.45, 2.75) is 44.6 Å². The smallest absolute Gasteiger partial charge is 0.344 e. The molecule has 9 nitrogen and oxygen atoms in total. The zero-order chi connectivity index (χ0) is 21.8. The van der Waals surface area contributed by atoms with Gasteiger partial charge in [-0.15, -0.1) is 0 Å². The molecule has 1 spiro atoms. The number of carbonyl (C=O) groups excluding carboxylic acids is 3. The van der Waals surface area contributed by atoms with Gasteiger partial charge in [0.15, 0.2) is 6.54 Å². The number of hydrazine groups is 1. The molecule has 0 aromatic heterocycles. The number of benzene rings is 1. The Kier molecular flexibility index (Phi) is 6.31. The largest absolute Gasteiger partial charge is 0.492 e. The molecule has 4 amide bonds. The number of nitrogens with zero attached hydrogens (tertiary/aromatic N) is 2. The molecule has 0 unspecified atom stereocenters. The van der Waals surface area contributed by atoms with Crippen molar-refractivity contribution < 1.29 is 24.0 Å². The number of nitrogens with one attached hydrogen (secondary N) is 3. The summed E-state index contributed by atoms with van der Waals surface area (Å²) in [6.07, 6.45) is 4.17. The van der Waals surface area contributed by atoms with E-state index in [0.717, 1.165) is 66.8 Å². The van der Waals surface area contributed by atoms with Gasteiger partial charge in [-0.2, -0.15) is 5.01 Å². The van der Waals surface area contributed by atoms with E-state index in [0.29, 0.717) is 19.4 Å². The van der Waals surface area contributed by atoms with E-state index in [1.807, 2.05) is 25.1 Å². The Labute approximate surface area is 182 Å². The Morgan fingerprint density at radius 3 is 2.58 bits per heavy atom. The number of amides is 4. The fourth-order valence-corrected chi connectivity index (χ4v) is 4.84. The van der Waals surface area contributed by atoms with Crippen molar-refractivity contribution in [1.29, 1.82) is 0 Å². The molecule has 1 aromatic carbocycles. The van der Waals surface area contributed by atoms with Gasteiger partial charge in [0.05, 0.1) is 38.5 Å². The maximum atomic E-state index is 12.8. The van der Waals surface area contributed by atoms with Gasteiger partial charge >= 0.3 is 6.03 Å². The van der Waals surface area contributed by atoms with Crippen molar-refractivity contribution in [3.63, 3.8) is 0 Å². The van der Waals surface area contributed by atoms with E-state index in [2.05, 4.69) is 21.7 Å². The van der Waals surface area contributed by atoms with E-state index >= 15 is 0 Å². The molecule has 2 aliphatic heterocycles. The minimum Gasteiger partial charge on any atom is -0.492 e. The predicted octanol–water partition coefficient (Wildman–Crippen LogP) is 0.0761. The molecule has 0 bridgehead atoms. The van der Waals surface area contributed by atoms with Crippen LogP contribution in [0.4, 0.5) is 10.5 Å². The first-order valence-corrected chi connectivity index (χ1v) is 11.3. The average molecular weight is 431 g/mol. The number of ether oxygens (including phenoxy) is 1. The molecule has 4 rings (SSSR count). The molecule has 2 saturated heterocycles. The van der Waals surface area contributed by atoms with E-state index in [1.165, 1.54) is 0 Å². The molecule has 0 atom stereocenters. The van der Waals surface area contributed by atoms with Crippen LogP contribution in [0, 0.1) is 0 Å². The molecule has 1 saturated carbocycles. The summed E-state index contributed by atoms with van der Waals surface area (Å²) in [5.41, 5.74) is 2.79. The quantitative estimate of drug-likeness (QED) is 0.556. The van der Waals surface area contributed by atoms with E-state index in [9.17, 15) is 14.4 Å². The molecule has 1 aliphatic carbocycles. The maximum absolute atomic E-state index is 12.8. The first-order chi connectivity index (χ1) is 15.0. The lowest BCUT2D eigenvalue weighted by atomic mass is 9.82. The van der Waals surface area contributed by atoms with Gasteiger partial charge < -0.3 is 19.9 Å². The molecule has 1 aromatic rings. The van der Waals surface area contributed by atoms with Crippen LogP contribution in [-0.4, -0.2) is 67.7 Å². The number of hydrogen-bond donors (Lipinski definition) is 3. The zero-order valence-corrected chi connectivity index (χ0v) is 18.1. The van der Waals surface area contributed by atoms with Crippen LogP contribution >= 0.6 is 0 Å². The van der Waals surface area contributed by atoms with Crippen molar-refractivity contribution in [2.75, 3.05) is 44.2 Å². The van der Waals surface area contributed by atoms with Crippen LogP contribution in [-0.2, 0) is 9.59 Å². The second-order valence-electron chi connectivity index (χ2n) is 8.56. The average Bonchev–Trinajstić information content (AvgIpc) is 2.99. The standard InChI is InChI=1S/C22H31N5O4/c1-2-31-18-9-5-4-8-17(18)26-14-12-25(13-15-26)16-19(28)24-27-20(29)22(23-21(27)30)10-6-3-7-11-22/h4-5,8-9H,2-3,6-7,10-16H2,1H3,(H,23,30)(H,24,28)/p+1. The summed E-state index contributed by atoms with van der Waals surface area (Å²) in [6.45, 7) is 6.00. The second-order valence-corrected chi connectivity index (χ2v) is 8.56. The number of para-hydroxylation sites is 2. The topological polar surface area (TPSA) is 95.4 Å². The number of rotatable bonds is 6. The van der Waals surface area contributed by atoms with Gasteiger partial charge in [0.1, 0.15) is 11.3 Å². The number of imide groups is 1. The molecule has 3 aliphatic rings. The lowest BCUT2D eigenvalue weighted by molar-refractivity contribution is -0.892. The molecule has 9 heteroatoms. The third kappa shape index (κ3) is 4.46. The van der Waals surface area contributed by atoms with E-state index in [-0.39, 0.29) is 18.4 Å². The van der Waals surface area contributed by atoms with Crippen molar-refractivity contribution in [3.8, 4) is 5.75 Å². The van der Waals surface area contributed by atoms with Gasteiger partial charge in [-0.3, -0.25) is 15.0 Å². The minimum absolute atomic E-state index is 0.227. The highest BCUT2D eigenvalue weighted by atomic mass is 16.5. The monoisotopic (exact) mass is 430 g/mol. The Morgan fingerprint density at radius 2 is 1.87 bits per heavy atom. The van der Waals surface area contributed by atoms with Crippen LogP contribution in [0.15, 0.2) is 24.3 Å². The van der Waals surface area contributed by atoms with Crippen LogP contribution < -0.4 is 25.3 Å². The Hall–Kier alpha value is -2.81. The molecule has 2 heterocycles. The van der Waals surface area contributed by atoms with Gasteiger partial charge in [0.2, 0.25) is 0 Å². The Bertz CT molecular complexity index is 831. The normalized spacial score (nSPS) is 21.3. The number of anilines is 1. The Morgan fingerprint density at radius 1 is 1.16 bits per heavy atom. The number of urea groups is 1. The van der Waals surface area contributed by atoms with Gasteiger partial charge in [0, 0.05) is 0 Å². The molecule has 3 N–H and O–H groups in total. The van der Waals surface area contributed by atoms with Crippen LogP contribution in [0.25, 0.3) is 0 Å². The van der Waals surface area contributed by atoms with Crippen molar-refractivity contribution in [3.05, 3.63) is 24.3 Å². The van der Waals surface area contributed by atoms with E-state index < -0.39 is 11.6 Å². The molecule has 0 radical (unpaired) electrons. The zero-order valence-electron chi connectivity index (χ0n) is 18.1. The molecular formula is C22H32N5O4+. The molecule has 31 heavy (non-hydrogen) atoms. The fourth-order valence-electron chi connectivity index (χ4n) is 4.84. The Balaban J connectivity index is 1.29. The third-order valence-electron chi connectivity index (χ3n) is 6.49. The second kappa shape index (κ2) is 9.13. The lowest BCUT2D eigenvalue weighted by Gasteiger charge is -2.34. The van der Waals surface area contributed by atoms with Crippen molar-refractivity contribution in [2.24, 2.45) is 0 Å². The summed E-state index contributed by atoms with van der Waals surface area (Å²) >= 11 is 0. The van der Waals surface area contributed by atoms with Gasteiger partial charge in [-0.25, -0.2) is 4.79 Å². The molecular weight excluding hydrogens is 398 g/mol. The molecule has 168 valence electrons. The molecule has 3 fully saturated rings. The summed E-state index contributed by atoms with van der Waals surface area (Å²) in [4.78, 5) is 41.1. The van der Waals surface area contributed by atoms with Gasteiger partial charge in [-0.1, -0.05) is 31.4 Å². The van der Waals surface area contributed by atoms with Crippen LogP contribution in [0.5, 0.6) is 5.75 Å². The number of quaternary nitrogens is 1. The summed E-state index contributed by atoms with van der Waals surface area (Å²) in [7, 11) is 0. The summed E-state index contributed by atoms with van der Waals surface area (Å²) in [5, 5.41) is 3.71. The first kappa shape index (κ1) is 21.4. The predicted molar refractivity (Wildman–Crippen MR) is 115 cm³/mol. The van der Waals surface area contributed by atoms with Crippen LogP contribution in [0.2, 0.25) is 0 Å². The minimum atomic E-state index is -0.824. The number of hydrogen-bond acceptors (Lipinski definition) is 5. The number of carbonyl (C=O) groups is 3. The first-order valence-electron chi connectivity index (χ1n) is 11.3. The summed E-state index contributed by atoms with van der Waals surface area (Å²) < 4.78 is 5.74. The lowest BCUT2D eigenvalue weighted by Crippen LogP contribution is -3.16. The SMILES string of the molecule is CCOc1ccccc1N1CC[NH+](CC(=O)NN2C(=O)NC3(CCCCC3)C2=O)CC1. The maximum Gasteiger partial charge on any atom is 0.344 e. The van der Waals surface area contributed by atoms with Gasteiger partial charge in [-0.05, 0) is 31.9 Å². The highest BCUT2D eigenvalue weighted by Crippen LogP contribution is 2.33. The highest BCUT2D eigenvalue weighted by molar-refractivity contribution is 6.08.